The number of ether oxygens (including phenoxy) is 1. The number of amides is 1. The van der Waals surface area contributed by atoms with Gasteiger partial charge in [0.05, 0.1) is 23.9 Å². The van der Waals surface area contributed by atoms with Crippen LogP contribution in [0, 0.1) is 0 Å². The summed E-state index contributed by atoms with van der Waals surface area (Å²) in [5.74, 6) is 0.111. The molecule has 3 heterocycles. The highest BCUT2D eigenvalue weighted by molar-refractivity contribution is 6.30. The molecule has 5 nitrogen and oxygen atoms in total. The number of hydrogen-bond acceptors (Lipinski definition) is 3. The Morgan fingerprint density at radius 1 is 1.16 bits per heavy atom. The minimum Gasteiger partial charge on any atom is -0.367 e. The van der Waals surface area contributed by atoms with Gasteiger partial charge in [0.2, 0.25) is 5.91 Å². The Hall–Kier alpha value is -1.85. The summed E-state index contributed by atoms with van der Waals surface area (Å²) in [4.78, 5) is 14.7. The van der Waals surface area contributed by atoms with Crippen molar-refractivity contribution in [3.63, 3.8) is 0 Å². The number of aromatic nitrogens is 2. The fourth-order valence-electron chi connectivity index (χ4n) is 4.19. The molecule has 1 amide bonds. The summed E-state index contributed by atoms with van der Waals surface area (Å²) < 4.78 is 7.61. The van der Waals surface area contributed by atoms with Gasteiger partial charge in [0, 0.05) is 18.3 Å². The number of halogens is 1. The fourth-order valence-corrected chi connectivity index (χ4v) is 4.33. The topological polar surface area (TPSA) is 47.4 Å². The Balaban J connectivity index is 1.33. The van der Waals surface area contributed by atoms with Crippen LogP contribution < -0.4 is 0 Å². The molecule has 1 aromatic carbocycles. The van der Waals surface area contributed by atoms with Gasteiger partial charge in [0.25, 0.3) is 0 Å². The number of nitrogens with zero attached hydrogens (tertiary/aromatic N) is 3. The molecule has 132 valence electrons. The van der Waals surface area contributed by atoms with Gasteiger partial charge < -0.3 is 9.64 Å². The number of carbonyl (C=O) groups excluding carboxylic acids is 1. The minimum absolute atomic E-state index is 0.111. The summed E-state index contributed by atoms with van der Waals surface area (Å²) in [6.07, 6.45) is 7.59. The summed E-state index contributed by atoms with van der Waals surface area (Å²) in [5.41, 5.74) is 1.09. The van der Waals surface area contributed by atoms with Crippen molar-refractivity contribution in [3.8, 4) is 0 Å². The van der Waals surface area contributed by atoms with Crippen molar-refractivity contribution >= 4 is 17.5 Å². The normalized spacial score (nSPS) is 25.3. The molecular formula is C19H22ClN3O2. The average molecular weight is 360 g/mol. The molecular weight excluding hydrogens is 338 g/mol. The van der Waals surface area contributed by atoms with Crippen molar-refractivity contribution in [2.24, 2.45) is 0 Å². The van der Waals surface area contributed by atoms with Crippen LogP contribution in [0.5, 0.6) is 0 Å². The molecule has 2 fully saturated rings. The lowest BCUT2D eigenvalue weighted by Crippen LogP contribution is -2.48. The third-order valence-electron chi connectivity index (χ3n) is 5.28. The average Bonchev–Trinajstić information content (AvgIpc) is 3.17. The molecule has 2 aliphatic rings. The largest absolute Gasteiger partial charge is 0.367 e. The third kappa shape index (κ3) is 3.58. The van der Waals surface area contributed by atoms with Crippen LogP contribution in [0.4, 0.5) is 0 Å². The van der Waals surface area contributed by atoms with E-state index in [0.717, 1.165) is 31.2 Å². The molecule has 0 aliphatic carbocycles. The first-order valence-corrected chi connectivity index (χ1v) is 9.21. The molecule has 0 radical (unpaired) electrons. The van der Waals surface area contributed by atoms with Crippen molar-refractivity contribution in [1.29, 1.82) is 0 Å². The highest BCUT2D eigenvalue weighted by Gasteiger charge is 2.43. The number of piperidine rings is 1. The molecule has 6 heteroatoms. The molecule has 2 bridgehead atoms. The van der Waals surface area contributed by atoms with Crippen molar-refractivity contribution in [2.75, 3.05) is 6.61 Å². The number of rotatable bonds is 5. The van der Waals surface area contributed by atoms with Gasteiger partial charge in [-0.2, -0.15) is 5.10 Å². The van der Waals surface area contributed by atoms with Gasteiger partial charge in [-0.1, -0.05) is 41.9 Å². The van der Waals surface area contributed by atoms with Crippen molar-refractivity contribution in [2.45, 2.75) is 50.4 Å². The Morgan fingerprint density at radius 2 is 1.88 bits per heavy atom. The van der Waals surface area contributed by atoms with Gasteiger partial charge in [-0.3, -0.25) is 9.48 Å². The monoisotopic (exact) mass is 359 g/mol. The first-order chi connectivity index (χ1) is 12.2. The van der Waals surface area contributed by atoms with Crippen molar-refractivity contribution < 1.29 is 9.53 Å². The molecule has 0 spiro atoms. The minimum atomic E-state index is 0.111. The molecule has 25 heavy (non-hydrogen) atoms. The second-order valence-corrected chi connectivity index (χ2v) is 7.36. The molecule has 0 N–H and O–H groups in total. The van der Waals surface area contributed by atoms with E-state index < -0.39 is 0 Å². The maximum Gasteiger partial charge on any atom is 0.249 e. The summed E-state index contributed by atoms with van der Waals surface area (Å²) >= 11 is 5.99. The molecule has 0 saturated carbocycles. The number of fused-ring (bicyclic) bond motifs is 2. The van der Waals surface area contributed by atoms with Crippen molar-refractivity contribution in [1.82, 2.24) is 14.7 Å². The van der Waals surface area contributed by atoms with Gasteiger partial charge in [0.1, 0.15) is 6.61 Å². The van der Waals surface area contributed by atoms with E-state index in [0.29, 0.717) is 29.8 Å². The van der Waals surface area contributed by atoms with Gasteiger partial charge in [-0.05, 0) is 31.2 Å². The smallest absolute Gasteiger partial charge is 0.249 e. The molecule has 2 atom stereocenters. The van der Waals surface area contributed by atoms with E-state index in [2.05, 4.69) is 10.00 Å². The highest BCUT2D eigenvalue weighted by Crippen LogP contribution is 2.40. The third-order valence-corrected chi connectivity index (χ3v) is 5.47. The fraction of sp³-hybridized carbons (Fsp3) is 0.474. The van der Waals surface area contributed by atoms with Crippen LogP contribution in [0.25, 0.3) is 0 Å². The van der Waals surface area contributed by atoms with Crippen LogP contribution >= 0.6 is 11.6 Å². The van der Waals surface area contributed by atoms with E-state index in [1.54, 1.807) is 6.20 Å². The lowest BCUT2D eigenvalue weighted by Gasteiger charge is -2.39. The van der Waals surface area contributed by atoms with Gasteiger partial charge in [-0.25, -0.2) is 0 Å². The van der Waals surface area contributed by atoms with E-state index >= 15 is 0 Å². The standard InChI is InChI=1S/C19H22ClN3O2/c20-15-10-21-22(11-15)18-8-16-6-7-17(9-18)23(16)19(24)13-25-12-14-4-2-1-3-5-14/h1-5,10-11,16-18H,6-9,12-13H2. The predicted octanol–water partition coefficient (Wildman–Crippen LogP) is 3.45. The van der Waals surface area contributed by atoms with Gasteiger partial charge >= 0.3 is 0 Å². The zero-order valence-corrected chi connectivity index (χ0v) is 14.8. The summed E-state index contributed by atoms with van der Waals surface area (Å²) in [6, 6.07) is 10.9. The molecule has 2 aliphatic heterocycles. The van der Waals surface area contributed by atoms with Crippen LogP contribution in [-0.4, -0.2) is 39.3 Å². The Labute approximate surface area is 152 Å². The second kappa shape index (κ2) is 7.18. The van der Waals surface area contributed by atoms with Crippen LogP contribution in [0.1, 0.15) is 37.3 Å². The lowest BCUT2D eigenvalue weighted by molar-refractivity contribution is -0.141. The number of hydrogen-bond donors (Lipinski definition) is 0. The molecule has 2 saturated heterocycles. The second-order valence-electron chi connectivity index (χ2n) is 6.93. The van der Waals surface area contributed by atoms with Gasteiger partial charge in [-0.15, -0.1) is 0 Å². The maximum atomic E-state index is 12.7. The molecule has 4 rings (SSSR count). The van der Waals surface area contributed by atoms with Gasteiger partial charge in [0.15, 0.2) is 0 Å². The van der Waals surface area contributed by atoms with E-state index in [-0.39, 0.29) is 12.5 Å². The van der Waals surface area contributed by atoms with Crippen LogP contribution in [0.2, 0.25) is 5.02 Å². The van der Waals surface area contributed by atoms with E-state index in [1.165, 1.54) is 0 Å². The zero-order valence-electron chi connectivity index (χ0n) is 14.1. The summed E-state index contributed by atoms with van der Waals surface area (Å²) in [6.45, 7) is 0.629. The van der Waals surface area contributed by atoms with Crippen molar-refractivity contribution in [3.05, 3.63) is 53.3 Å². The molecule has 2 aromatic rings. The predicted molar refractivity (Wildman–Crippen MR) is 95.3 cm³/mol. The lowest BCUT2D eigenvalue weighted by atomic mass is 9.97. The first-order valence-electron chi connectivity index (χ1n) is 8.83. The molecule has 1 aromatic heterocycles. The summed E-state index contributed by atoms with van der Waals surface area (Å²) in [7, 11) is 0. The van der Waals surface area contributed by atoms with Crippen LogP contribution in [0.3, 0.4) is 0 Å². The van der Waals surface area contributed by atoms with Crippen LogP contribution in [0.15, 0.2) is 42.7 Å². The number of carbonyl (C=O) groups is 1. The van der Waals surface area contributed by atoms with Crippen LogP contribution in [-0.2, 0) is 16.1 Å². The Morgan fingerprint density at radius 3 is 2.52 bits per heavy atom. The summed E-state index contributed by atoms with van der Waals surface area (Å²) in [5, 5.41) is 5.01. The SMILES string of the molecule is O=C(COCc1ccccc1)N1C2CCC1CC(n1cc(Cl)cn1)C2. The molecule has 2 unspecified atom stereocenters. The van der Waals surface area contributed by atoms with E-state index in [1.807, 2.05) is 41.2 Å². The highest BCUT2D eigenvalue weighted by atomic mass is 35.5. The zero-order chi connectivity index (χ0) is 17.2. The quantitative estimate of drug-likeness (QED) is 0.821. The van der Waals surface area contributed by atoms with E-state index in [4.69, 9.17) is 16.3 Å². The number of benzene rings is 1. The maximum absolute atomic E-state index is 12.7. The van der Waals surface area contributed by atoms with E-state index in [9.17, 15) is 4.79 Å². The first kappa shape index (κ1) is 16.6. The Kier molecular flexibility index (Phi) is 4.77. The Bertz CT molecular complexity index is 719.